The molecule has 0 aliphatic rings. The molecule has 2 aromatic rings. The molecule has 0 aliphatic carbocycles. The first kappa shape index (κ1) is 9.40. The number of aromatic amines is 1. The molecule has 0 radical (unpaired) electrons. The molecule has 0 unspecified atom stereocenters. The fourth-order valence-corrected chi connectivity index (χ4v) is 1.93. The van der Waals surface area contributed by atoms with Crippen molar-refractivity contribution in [2.24, 2.45) is 0 Å². The van der Waals surface area contributed by atoms with E-state index in [0.29, 0.717) is 0 Å². The highest BCUT2D eigenvalue weighted by molar-refractivity contribution is 9.10. The van der Waals surface area contributed by atoms with Crippen molar-refractivity contribution in [3.8, 4) is 11.5 Å². The number of halogens is 1. The monoisotopic (exact) mass is 255 g/mol. The molecule has 3 nitrogen and oxygen atoms in total. The Morgan fingerprint density at radius 2 is 2.00 bits per heavy atom. The predicted octanol–water partition coefficient (Wildman–Crippen LogP) is 2.95. The highest BCUT2D eigenvalue weighted by Gasteiger charge is 2.10. The molecule has 0 bridgehead atoms. The van der Waals surface area contributed by atoms with Crippen LogP contribution in [0.1, 0.15) is 0 Å². The third kappa shape index (κ3) is 1.35. The van der Waals surface area contributed by atoms with Gasteiger partial charge in [0.25, 0.3) is 0 Å². The summed E-state index contributed by atoms with van der Waals surface area (Å²) < 4.78 is 11.4. The van der Waals surface area contributed by atoms with Gasteiger partial charge in [0.2, 0.25) is 0 Å². The molecule has 0 spiro atoms. The van der Waals surface area contributed by atoms with E-state index in [0.717, 1.165) is 27.0 Å². The molecule has 1 heterocycles. The molecule has 14 heavy (non-hydrogen) atoms. The fraction of sp³-hybridized carbons (Fsp3) is 0.200. The van der Waals surface area contributed by atoms with Gasteiger partial charge in [-0.15, -0.1) is 0 Å². The summed E-state index contributed by atoms with van der Waals surface area (Å²) in [5.41, 5.74) is 0.943. The second-order valence-corrected chi connectivity index (χ2v) is 3.74. The van der Waals surface area contributed by atoms with E-state index < -0.39 is 0 Å². The van der Waals surface area contributed by atoms with Crippen LogP contribution in [-0.4, -0.2) is 19.2 Å². The van der Waals surface area contributed by atoms with Gasteiger partial charge in [0.1, 0.15) is 0 Å². The van der Waals surface area contributed by atoms with Crippen LogP contribution in [0.2, 0.25) is 0 Å². The van der Waals surface area contributed by atoms with Gasteiger partial charge in [0.15, 0.2) is 11.5 Å². The van der Waals surface area contributed by atoms with Crippen molar-refractivity contribution in [3.63, 3.8) is 0 Å². The van der Waals surface area contributed by atoms with Crippen molar-refractivity contribution in [3.05, 3.63) is 22.8 Å². The van der Waals surface area contributed by atoms with Crippen LogP contribution in [0.4, 0.5) is 0 Å². The first-order valence-electron chi connectivity index (χ1n) is 4.15. The van der Waals surface area contributed by atoms with Gasteiger partial charge in [-0.2, -0.15) is 0 Å². The minimum Gasteiger partial charge on any atom is -0.493 e. The summed E-state index contributed by atoms with van der Waals surface area (Å²) in [4.78, 5) is 3.16. The maximum absolute atomic E-state index is 5.29. The van der Waals surface area contributed by atoms with Crippen molar-refractivity contribution in [2.45, 2.75) is 0 Å². The standard InChI is InChI=1S/C10H10BrNO2/c1-13-7-4-3-6-5-8(11)12-9(6)10(7)14-2/h3-5,12H,1-2H3. The minimum absolute atomic E-state index is 0.731. The van der Waals surface area contributed by atoms with Crippen LogP contribution in [0.25, 0.3) is 10.9 Å². The summed E-state index contributed by atoms with van der Waals surface area (Å²) in [6.07, 6.45) is 0. The third-order valence-electron chi connectivity index (χ3n) is 2.10. The Morgan fingerprint density at radius 1 is 1.21 bits per heavy atom. The van der Waals surface area contributed by atoms with Crippen LogP contribution >= 0.6 is 15.9 Å². The van der Waals surface area contributed by atoms with Crippen molar-refractivity contribution < 1.29 is 9.47 Å². The maximum atomic E-state index is 5.29. The largest absolute Gasteiger partial charge is 0.493 e. The molecule has 0 amide bonds. The summed E-state index contributed by atoms with van der Waals surface area (Å²) in [6.45, 7) is 0. The van der Waals surface area contributed by atoms with Crippen LogP contribution in [0.15, 0.2) is 22.8 Å². The summed E-state index contributed by atoms with van der Waals surface area (Å²) >= 11 is 3.38. The molecule has 4 heteroatoms. The van der Waals surface area contributed by atoms with Crippen LogP contribution in [0.3, 0.4) is 0 Å². The quantitative estimate of drug-likeness (QED) is 0.896. The average Bonchev–Trinajstić information content (AvgIpc) is 2.56. The van der Waals surface area contributed by atoms with Crippen LogP contribution in [0.5, 0.6) is 11.5 Å². The van der Waals surface area contributed by atoms with E-state index in [-0.39, 0.29) is 0 Å². The van der Waals surface area contributed by atoms with E-state index in [2.05, 4.69) is 20.9 Å². The molecule has 0 saturated heterocycles. The summed E-state index contributed by atoms with van der Waals surface area (Å²) in [5.74, 6) is 1.46. The zero-order valence-electron chi connectivity index (χ0n) is 7.93. The Kier molecular flexibility index (Phi) is 2.37. The van der Waals surface area contributed by atoms with Gasteiger partial charge >= 0.3 is 0 Å². The van der Waals surface area contributed by atoms with Gasteiger partial charge in [-0.1, -0.05) is 0 Å². The molecule has 0 atom stereocenters. The van der Waals surface area contributed by atoms with E-state index in [1.165, 1.54) is 0 Å². The summed E-state index contributed by atoms with van der Waals surface area (Å²) in [6, 6.07) is 5.87. The Balaban J connectivity index is 2.75. The zero-order valence-corrected chi connectivity index (χ0v) is 9.51. The van der Waals surface area contributed by atoms with E-state index in [1.54, 1.807) is 14.2 Å². The Morgan fingerprint density at radius 3 is 2.64 bits per heavy atom. The molecule has 1 aromatic heterocycles. The number of benzene rings is 1. The van der Waals surface area contributed by atoms with E-state index in [9.17, 15) is 0 Å². The number of hydrogen-bond acceptors (Lipinski definition) is 2. The highest BCUT2D eigenvalue weighted by atomic mass is 79.9. The van der Waals surface area contributed by atoms with Gasteiger partial charge in [0.05, 0.1) is 24.3 Å². The molecule has 74 valence electrons. The Bertz CT molecular complexity index is 464. The number of nitrogens with one attached hydrogen (secondary N) is 1. The minimum atomic E-state index is 0.731. The molecule has 1 N–H and O–H groups in total. The first-order valence-corrected chi connectivity index (χ1v) is 4.94. The number of hydrogen-bond donors (Lipinski definition) is 1. The van der Waals surface area contributed by atoms with Crippen LogP contribution in [0, 0.1) is 0 Å². The van der Waals surface area contributed by atoms with Crippen LogP contribution < -0.4 is 9.47 Å². The molecule has 2 rings (SSSR count). The van der Waals surface area contributed by atoms with Crippen molar-refractivity contribution >= 4 is 26.8 Å². The number of ether oxygens (including phenoxy) is 2. The number of fused-ring (bicyclic) bond motifs is 1. The van der Waals surface area contributed by atoms with Crippen LogP contribution in [-0.2, 0) is 0 Å². The van der Waals surface area contributed by atoms with Gasteiger partial charge in [-0.25, -0.2) is 0 Å². The van der Waals surface area contributed by atoms with Crippen molar-refractivity contribution in [1.29, 1.82) is 0 Å². The molecule has 1 aromatic carbocycles. The smallest absolute Gasteiger partial charge is 0.184 e. The lowest BCUT2D eigenvalue weighted by Gasteiger charge is -2.07. The lowest BCUT2D eigenvalue weighted by Crippen LogP contribution is -1.90. The van der Waals surface area contributed by atoms with Gasteiger partial charge in [-0.3, -0.25) is 0 Å². The van der Waals surface area contributed by atoms with Gasteiger partial charge in [0, 0.05) is 5.39 Å². The fourth-order valence-electron chi connectivity index (χ4n) is 1.48. The average molecular weight is 256 g/mol. The number of aromatic nitrogens is 1. The molecular weight excluding hydrogens is 246 g/mol. The molecular formula is C10H10BrNO2. The normalized spacial score (nSPS) is 10.5. The number of methoxy groups -OCH3 is 2. The van der Waals surface area contributed by atoms with Crippen molar-refractivity contribution in [2.75, 3.05) is 14.2 Å². The van der Waals surface area contributed by atoms with E-state index in [1.807, 2.05) is 18.2 Å². The molecule has 0 saturated carbocycles. The van der Waals surface area contributed by atoms with E-state index >= 15 is 0 Å². The number of H-pyrrole nitrogens is 1. The summed E-state index contributed by atoms with van der Waals surface area (Å²) in [7, 11) is 3.26. The first-order chi connectivity index (χ1) is 6.76. The Labute approximate surface area is 90.1 Å². The predicted molar refractivity (Wildman–Crippen MR) is 59.1 cm³/mol. The topological polar surface area (TPSA) is 34.2 Å². The zero-order chi connectivity index (χ0) is 10.1. The second kappa shape index (κ2) is 3.53. The lowest BCUT2D eigenvalue weighted by molar-refractivity contribution is 0.358. The summed E-state index contributed by atoms with van der Waals surface area (Å²) in [5, 5.41) is 1.09. The van der Waals surface area contributed by atoms with Crippen molar-refractivity contribution in [1.82, 2.24) is 4.98 Å². The maximum Gasteiger partial charge on any atom is 0.184 e. The molecule has 0 aliphatic heterocycles. The lowest BCUT2D eigenvalue weighted by atomic mass is 10.2. The highest BCUT2D eigenvalue weighted by Crippen LogP contribution is 2.35. The van der Waals surface area contributed by atoms with Gasteiger partial charge in [-0.05, 0) is 34.1 Å². The van der Waals surface area contributed by atoms with Gasteiger partial charge < -0.3 is 14.5 Å². The third-order valence-corrected chi connectivity index (χ3v) is 2.53. The Hall–Kier alpha value is -1.16. The van der Waals surface area contributed by atoms with E-state index in [4.69, 9.17) is 9.47 Å². The SMILES string of the molecule is COc1ccc2cc(Br)[nH]c2c1OC. The second-order valence-electron chi connectivity index (χ2n) is 2.88. The number of rotatable bonds is 2. The molecule has 0 fully saturated rings.